The van der Waals surface area contributed by atoms with Gasteiger partial charge in [0, 0.05) is 38.0 Å². The SMILES string of the molecule is COC(=O)CC1CCN(C(=O)Cn2ccc3c(NC(C)=O)cccc32)CC1. The summed E-state index contributed by atoms with van der Waals surface area (Å²) in [5.41, 5.74) is 1.66. The van der Waals surface area contributed by atoms with Crippen LogP contribution in [0.15, 0.2) is 30.5 Å². The van der Waals surface area contributed by atoms with Crippen LogP contribution in [0.25, 0.3) is 10.9 Å². The number of fused-ring (bicyclic) bond motifs is 1. The minimum Gasteiger partial charge on any atom is -0.469 e. The Kier molecular flexibility index (Phi) is 5.78. The van der Waals surface area contributed by atoms with Crippen molar-refractivity contribution in [3.63, 3.8) is 0 Å². The van der Waals surface area contributed by atoms with E-state index in [0.29, 0.717) is 19.5 Å². The molecule has 1 aliphatic heterocycles. The summed E-state index contributed by atoms with van der Waals surface area (Å²) in [5.74, 6) is 0.0396. The number of nitrogens with zero attached hydrogens (tertiary/aromatic N) is 2. The number of carbonyl (C=O) groups excluding carboxylic acids is 3. The highest BCUT2D eigenvalue weighted by atomic mass is 16.5. The average molecular weight is 371 g/mol. The highest BCUT2D eigenvalue weighted by Crippen LogP contribution is 2.25. The molecule has 0 aliphatic carbocycles. The Balaban J connectivity index is 1.63. The first-order valence-electron chi connectivity index (χ1n) is 9.18. The molecule has 3 rings (SSSR count). The number of anilines is 1. The maximum Gasteiger partial charge on any atom is 0.305 e. The molecule has 2 aromatic rings. The lowest BCUT2D eigenvalue weighted by atomic mass is 9.93. The first kappa shape index (κ1) is 18.9. The van der Waals surface area contributed by atoms with Crippen molar-refractivity contribution < 1.29 is 19.1 Å². The van der Waals surface area contributed by atoms with Crippen LogP contribution in [0.1, 0.15) is 26.2 Å². The highest BCUT2D eigenvalue weighted by Gasteiger charge is 2.25. The van der Waals surface area contributed by atoms with E-state index in [9.17, 15) is 14.4 Å². The number of ether oxygens (including phenoxy) is 1. The Morgan fingerprint density at radius 2 is 1.93 bits per heavy atom. The summed E-state index contributed by atoms with van der Waals surface area (Å²) in [7, 11) is 1.40. The minimum atomic E-state index is -0.187. The third-order valence-electron chi connectivity index (χ3n) is 5.08. The largest absolute Gasteiger partial charge is 0.469 e. The van der Waals surface area contributed by atoms with Gasteiger partial charge in [-0.3, -0.25) is 14.4 Å². The molecular formula is C20H25N3O4. The van der Waals surface area contributed by atoms with Gasteiger partial charge >= 0.3 is 5.97 Å². The van der Waals surface area contributed by atoms with Crippen molar-refractivity contribution in [2.45, 2.75) is 32.7 Å². The predicted octanol–water partition coefficient (Wildman–Crippen LogP) is 2.40. The van der Waals surface area contributed by atoms with Gasteiger partial charge < -0.3 is 19.5 Å². The molecule has 1 aliphatic rings. The predicted molar refractivity (Wildman–Crippen MR) is 102 cm³/mol. The lowest BCUT2D eigenvalue weighted by molar-refractivity contribution is -0.142. The topological polar surface area (TPSA) is 80.6 Å². The Bertz CT molecular complexity index is 850. The Morgan fingerprint density at radius 1 is 1.19 bits per heavy atom. The molecule has 0 atom stereocenters. The quantitative estimate of drug-likeness (QED) is 0.819. The third kappa shape index (κ3) is 4.48. The van der Waals surface area contributed by atoms with E-state index in [1.165, 1.54) is 14.0 Å². The van der Waals surface area contributed by atoms with Gasteiger partial charge in [0.05, 0.1) is 18.3 Å². The fourth-order valence-corrected chi connectivity index (χ4v) is 3.61. The highest BCUT2D eigenvalue weighted by molar-refractivity contribution is 6.01. The zero-order valence-corrected chi connectivity index (χ0v) is 15.7. The van der Waals surface area contributed by atoms with Crippen molar-refractivity contribution in [1.82, 2.24) is 9.47 Å². The van der Waals surface area contributed by atoms with E-state index in [1.54, 1.807) is 0 Å². The number of carbonyl (C=O) groups is 3. The summed E-state index contributed by atoms with van der Waals surface area (Å²) < 4.78 is 6.63. The first-order valence-corrected chi connectivity index (χ1v) is 9.18. The molecule has 0 unspecified atom stereocenters. The van der Waals surface area contributed by atoms with Crippen molar-refractivity contribution in [2.75, 3.05) is 25.5 Å². The normalized spacial score (nSPS) is 15.0. The Labute approximate surface area is 158 Å². The number of nitrogens with one attached hydrogen (secondary N) is 1. The standard InChI is InChI=1S/C20H25N3O4/c1-14(24)21-17-4-3-5-18-16(17)8-11-23(18)13-19(25)22-9-6-15(7-10-22)12-20(26)27-2/h3-5,8,11,15H,6-7,9-10,12-13H2,1-2H3,(H,21,24). The molecule has 1 saturated heterocycles. The van der Waals surface area contributed by atoms with Crippen molar-refractivity contribution in [1.29, 1.82) is 0 Å². The van der Waals surface area contributed by atoms with E-state index in [-0.39, 0.29) is 30.2 Å². The number of aromatic nitrogens is 1. The molecule has 2 amide bonds. The minimum absolute atomic E-state index is 0.0638. The molecule has 0 spiro atoms. The van der Waals surface area contributed by atoms with Gasteiger partial charge in [-0.05, 0) is 37.0 Å². The maximum atomic E-state index is 12.7. The number of likely N-dealkylation sites (tertiary alicyclic amines) is 1. The van der Waals surface area contributed by atoms with Gasteiger partial charge in [0.25, 0.3) is 0 Å². The van der Waals surface area contributed by atoms with Crippen molar-refractivity contribution in [2.24, 2.45) is 5.92 Å². The third-order valence-corrected chi connectivity index (χ3v) is 5.08. The zero-order valence-electron chi connectivity index (χ0n) is 15.7. The van der Waals surface area contributed by atoms with Crippen LogP contribution in [0, 0.1) is 5.92 Å². The summed E-state index contributed by atoms with van der Waals surface area (Å²) >= 11 is 0. The fraction of sp³-hybridized carbons (Fsp3) is 0.450. The van der Waals surface area contributed by atoms with E-state index in [1.807, 2.05) is 39.9 Å². The van der Waals surface area contributed by atoms with E-state index in [0.717, 1.165) is 29.4 Å². The van der Waals surface area contributed by atoms with Gasteiger partial charge in [-0.15, -0.1) is 0 Å². The van der Waals surface area contributed by atoms with E-state index < -0.39 is 0 Å². The second-order valence-electron chi connectivity index (χ2n) is 6.97. The molecule has 0 radical (unpaired) electrons. The molecule has 7 heteroatoms. The van der Waals surface area contributed by atoms with E-state index in [4.69, 9.17) is 4.74 Å². The van der Waals surface area contributed by atoms with Crippen LogP contribution in [0.3, 0.4) is 0 Å². The Morgan fingerprint density at radius 3 is 2.59 bits per heavy atom. The molecule has 0 saturated carbocycles. The van der Waals surface area contributed by atoms with E-state index >= 15 is 0 Å². The van der Waals surface area contributed by atoms with Gasteiger partial charge in [-0.1, -0.05) is 6.07 Å². The van der Waals surface area contributed by atoms with Crippen LogP contribution in [-0.4, -0.2) is 47.4 Å². The van der Waals surface area contributed by atoms with Gasteiger partial charge in [0.1, 0.15) is 6.54 Å². The number of methoxy groups -OCH3 is 1. The number of rotatable bonds is 5. The molecule has 27 heavy (non-hydrogen) atoms. The lowest BCUT2D eigenvalue weighted by Gasteiger charge is -2.31. The lowest BCUT2D eigenvalue weighted by Crippen LogP contribution is -2.40. The first-order chi connectivity index (χ1) is 13.0. The maximum absolute atomic E-state index is 12.7. The summed E-state index contributed by atoms with van der Waals surface area (Å²) in [6.07, 6.45) is 3.93. The summed E-state index contributed by atoms with van der Waals surface area (Å²) in [6.45, 7) is 3.06. The summed E-state index contributed by atoms with van der Waals surface area (Å²) in [5, 5.41) is 3.73. The Hall–Kier alpha value is -2.83. The molecule has 1 fully saturated rings. The fourth-order valence-electron chi connectivity index (χ4n) is 3.61. The smallest absolute Gasteiger partial charge is 0.305 e. The zero-order chi connectivity index (χ0) is 19.4. The monoisotopic (exact) mass is 371 g/mol. The van der Waals surface area contributed by atoms with Crippen LogP contribution in [0.4, 0.5) is 5.69 Å². The molecular weight excluding hydrogens is 346 g/mol. The molecule has 144 valence electrons. The number of benzene rings is 1. The molecule has 1 N–H and O–H groups in total. The molecule has 0 bridgehead atoms. The van der Waals surface area contributed by atoms with Crippen LogP contribution in [0.5, 0.6) is 0 Å². The van der Waals surface area contributed by atoms with Crippen molar-refractivity contribution >= 4 is 34.4 Å². The summed E-state index contributed by atoms with van der Waals surface area (Å²) in [6, 6.07) is 7.57. The van der Waals surface area contributed by atoms with Crippen LogP contribution >= 0.6 is 0 Å². The molecule has 1 aromatic heterocycles. The molecule has 2 heterocycles. The van der Waals surface area contributed by atoms with Gasteiger partial charge in [0.2, 0.25) is 11.8 Å². The van der Waals surface area contributed by atoms with Crippen molar-refractivity contribution in [3.8, 4) is 0 Å². The molecule has 7 nitrogen and oxygen atoms in total. The average Bonchev–Trinajstić information content (AvgIpc) is 3.05. The molecule has 1 aromatic carbocycles. The second-order valence-corrected chi connectivity index (χ2v) is 6.97. The number of esters is 1. The van der Waals surface area contributed by atoms with Crippen molar-refractivity contribution in [3.05, 3.63) is 30.5 Å². The van der Waals surface area contributed by atoms with E-state index in [2.05, 4.69) is 5.32 Å². The van der Waals surface area contributed by atoms with Gasteiger partial charge in [0.15, 0.2) is 0 Å². The van der Waals surface area contributed by atoms with Crippen LogP contribution in [-0.2, 0) is 25.7 Å². The number of piperidine rings is 1. The second kappa shape index (κ2) is 8.24. The number of amides is 2. The summed E-state index contributed by atoms with van der Waals surface area (Å²) in [4.78, 5) is 37.3. The van der Waals surface area contributed by atoms with Crippen LogP contribution in [0.2, 0.25) is 0 Å². The number of hydrogen-bond donors (Lipinski definition) is 1. The number of hydrogen-bond acceptors (Lipinski definition) is 4. The van der Waals surface area contributed by atoms with Crippen LogP contribution < -0.4 is 5.32 Å². The van der Waals surface area contributed by atoms with Gasteiger partial charge in [-0.25, -0.2) is 0 Å². The van der Waals surface area contributed by atoms with Gasteiger partial charge in [-0.2, -0.15) is 0 Å².